The van der Waals surface area contributed by atoms with Crippen molar-refractivity contribution in [1.82, 2.24) is 0 Å². The molecule has 6 aromatic rings. The van der Waals surface area contributed by atoms with Gasteiger partial charge >= 0.3 is 177 Å². The van der Waals surface area contributed by atoms with Crippen LogP contribution in [0.1, 0.15) is 0 Å². The molecule has 334 valence electrons. The van der Waals surface area contributed by atoms with E-state index in [1.807, 2.05) is 0 Å². The number of azo groups is 2. The Morgan fingerprint density at radius 2 is 0.884 bits per heavy atom. The predicted molar refractivity (Wildman–Crippen MR) is 196 cm³/mol. The molecule has 0 bridgehead atoms. The van der Waals surface area contributed by atoms with Crippen LogP contribution in [0.25, 0.3) is 32.3 Å². The molecule has 0 amide bonds. The number of aromatic hydroxyl groups is 5. The molecule has 0 saturated carbocycles. The van der Waals surface area contributed by atoms with Crippen LogP contribution in [0.3, 0.4) is 0 Å². The van der Waals surface area contributed by atoms with Crippen molar-refractivity contribution >= 4 is 122 Å². The smallest absolute Gasteiger partial charge is 0.744 e. The van der Waals surface area contributed by atoms with Crippen LogP contribution in [0, 0.1) is 0 Å². The molecule has 0 aliphatic heterocycles. The van der Waals surface area contributed by atoms with Crippen molar-refractivity contribution in [3.05, 3.63) is 54.6 Å². The van der Waals surface area contributed by atoms with Gasteiger partial charge < -0.3 is 55.0 Å². The summed E-state index contributed by atoms with van der Waals surface area (Å²) in [7, 11) is -16.8. The minimum Gasteiger partial charge on any atom is -0.744 e. The van der Waals surface area contributed by atoms with E-state index in [1.54, 1.807) is 0 Å². The first-order valence-electron chi connectivity index (χ1n) is 15.6. The van der Waals surface area contributed by atoms with Gasteiger partial charge in [0.25, 0.3) is 0 Å². The molecule has 39 heteroatoms. The van der Waals surface area contributed by atoms with Gasteiger partial charge in [-0.2, -0.15) is 13.0 Å². The van der Waals surface area contributed by atoms with E-state index in [9.17, 15) is 80.2 Å². The number of rotatable bonds is 16. The van der Waals surface area contributed by atoms with Gasteiger partial charge in [0.15, 0.2) is 17.2 Å². The molecule has 0 aliphatic rings. The first kappa shape index (κ1) is 69.7. The van der Waals surface area contributed by atoms with E-state index in [0.717, 1.165) is 24.3 Å². The monoisotopic (exact) mass is 1130 g/mol. The molecule has 0 aliphatic carbocycles. The second-order valence-corrected chi connectivity index (χ2v) is 18.1. The number of phenolic OH excluding ortho intramolecular Hbond substituents is 5. The fourth-order valence-corrected chi connectivity index (χ4v) is 8.88. The quantitative estimate of drug-likeness (QED) is 0.0150. The molecular formula is C30H14N4Na6O23S6. The van der Waals surface area contributed by atoms with Gasteiger partial charge in [-0.1, -0.05) is 0 Å². The fraction of sp³-hybridized carbons (Fsp3) is 0. The van der Waals surface area contributed by atoms with Crippen LogP contribution >= 0.6 is 36.1 Å². The first-order valence-corrected chi connectivity index (χ1v) is 22.0. The molecule has 0 aromatic heterocycles. The van der Waals surface area contributed by atoms with Gasteiger partial charge in [0, 0.05) is 9.79 Å². The Kier molecular flexibility index (Phi) is 29.6. The Balaban J connectivity index is 0.00000771. The largest absolute Gasteiger partial charge is 1.00 e. The van der Waals surface area contributed by atoms with Crippen molar-refractivity contribution in [3.63, 3.8) is 0 Å². The fourth-order valence-electron chi connectivity index (χ4n) is 5.73. The minimum absolute atomic E-state index is 0. The van der Waals surface area contributed by atoms with Crippen molar-refractivity contribution in [3.8, 4) is 28.7 Å². The van der Waals surface area contributed by atoms with Crippen LogP contribution in [0.5, 0.6) is 28.7 Å². The van der Waals surface area contributed by atoms with Crippen LogP contribution in [-0.2, 0) is 58.5 Å². The average Bonchev–Trinajstić information content (AvgIpc) is 3.19. The Morgan fingerprint density at radius 1 is 0.435 bits per heavy atom. The number of phenols is 5. The van der Waals surface area contributed by atoms with Crippen molar-refractivity contribution in [2.45, 2.75) is 29.4 Å². The van der Waals surface area contributed by atoms with Gasteiger partial charge in [0.2, 0.25) is 0 Å². The van der Waals surface area contributed by atoms with Crippen LogP contribution in [0.15, 0.2) is 104 Å². The molecule has 69 heavy (non-hydrogen) atoms. The Hall–Kier alpha value is 0.720. The molecule has 6 rings (SSSR count). The van der Waals surface area contributed by atoms with Crippen molar-refractivity contribution in [2.75, 3.05) is 0 Å². The van der Waals surface area contributed by atoms with Gasteiger partial charge in [-0.05, 0) is 70.8 Å². The van der Waals surface area contributed by atoms with Crippen LogP contribution in [0.4, 0.5) is 22.7 Å². The van der Waals surface area contributed by atoms with Crippen molar-refractivity contribution in [2.24, 2.45) is 20.5 Å². The van der Waals surface area contributed by atoms with E-state index in [4.69, 9.17) is 0 Å². The molecule has 0 unspecified atom stereocenters. The molecule has 27 nitrogen and oxygen atoms in total. The zero-order valence-electron chi connectivity index (χ0n) is 35.5. The Labute approximate surface area is 531 Å². The van der Waals surface area contributed by atoms with E-state index in [-0.39, 0.29) is 227 Å². The average molecular weight is 1130 g/mol. The molecule has 0 heterocycles. The molecule has 0 atom stereocenters. The van der Waals surface area contributed by atoms with Crippen molar-refractivity contribution in [1.29, 1.82) is 0 Å². The molecule has 0 radical (unpaired) electrons. The first-order chi connectivity index (χ1) is 29.6. The third-order valence-electron chi connectivity index (χ3n) is 8.11. The summed E-state index contributed by atoms with van der Waals surface area (Å²) >= 11 is 0.667. The Bertz CT molecular complexity index is 3270. The van der Waals surface area contributed by atoms with Crippen LogP contribution in [-0.4, -0.2) is 64.4 Å². The summed E-state index contributed by atoms with van der Waals surface area (Å²) in [6.45, 7) is 0. The van der Waals surface area contributed by atoms with Gasteiger partial charge in [-0.25, -0.2) is 25.3 Å². The summed E-state index contributed by atoms with van der Waals surface area (Å²) in [5.74, 6) is -5.58. The second-order valence-electron chi connectivity index (χ2n) is 11.8. The number of fused-ring (bicyclic) bond motifs is 3. The maximum Gasteiger partial charge on any atom is 1.00 e. The number of nitrogens with zero attached hydrogens (tertiary/aromatic N) is 4. The summed E-state index contributed by atoms with van der Waals surface area (Å²) in [6, 6.07) is 7.18. The Morgan fingerprint density at radius 3 is 1.42 bits per heavy atom. The standard InChI is InChI=1S/C30H20N4O23S6.6Na/c35-17-8-14(59-56-53-41)1-10-4-19(60-57-54-42)25(30(39)24(10)17)32-31-16-7-13(58-55-52-40)2-11-5-20(62(46,47)48)26(29(38)22(11)16)33-34-27-23-12(6-21(28(27)37)63(49,50)51)3-15(9-18(23)36)61(43,44)45;;;;;;/h1-9,35-42H,(H,43,44,45)(H,46,47,48)(H,49,50,51);;;;;;/q;6*+1/p-6. The zero-order chi connectivity index (χ0) is 46.2. The topological polar surface area (TPSA) is 447 Å². The number of hydrogen-bond acceptors (Lipinski definition) is 30. The molecule has 0 spiro atoms. The summed E-state index contributed by atoms with van der Waals surface area (Å²) in [6.07, 6.45) is 0. The summed E-state index contributed by atoms with van der Waals surface area (Å²) in [5, 5.41) is 109. The van der Waals surface area contributed by atoms with E-state index < -0.39 is 118 Å². The molecule has 5 N–H and O–H groups in total. The van der Waals surface area contributed by atoms with Gasteiger partial charge in [-0.3, -0.25) is 15.1 Å². The van der Waals surface area contributed by atoms with E-state index in [2.05, 4.69) is 48.6 Å². The molecular weight excluding hydrogens is 1110 g/mol. The number of benzene rings is 6. The zero-order valence-corrected chi connectivity index (χ0v) is 52.4. The van der Waals surface area contributed by atoms with Crippen LogP contribution < -0.4 is 193 Å². The molecule has 6 aromatic carbocycles. The third kappa shape index (κ3) is 16.4. The third-order valence-corrected chi connectivity index (χ3v) is 12.3. The maximum absolute atomic E-state index is 12.6. The van der Waals surface area contributed by atoms with E-state index >= 15 is 0 Å². The minimum atomic E-state index is -5.75. The van der Waals surface area contributed by atoms with Crippen LogP contribution in [0.2, 0.25) is 0 Å². The predicted octanol–water partition coefficient (Wildman–Crippen LogP) is -15.1. The van der Waals surface area contributed by atoms with Gasteiger partial charge in [0.1, 0.15) is 58.9 Å². The SMILES string of the molecule is O=S(=O)([O-])c1cc(O)c2c(N=Nc3c(S(=O)(=O)[O-])cc4cc(SOO[O-])cc(N=Nc5c(SOO[O-])cc6cc(SOO[O-])cc(O)c6c5O)c4c3O)c(O)c(S(=O)(=O)[O-])cc2c1.[Na+].[Na+].[Na+].[Na+].[Na+].[Na+]. The van der Waals surface area contributed by atoms with Gasteiger partial charge in [0.05, 0.1) is 77.6 Å². The van der Waals surface area contributed by atoms with E-state index in [1.165, 1.54) is 6.07 Å². The normalized spacial score (nSPS) is 11.7. The summed E-state index contributed by atoms with van der Waals surface area (Å²) in [5.41, 5.74) is -3.69. The molecule has 0 fully saturated rings. The maximum atomic E-state index is 12.6. The summed E-state index contributed by atoms with van der Waals surface area (Å²) < 4.78 is 122. The second kappa shape index (κ2) is 29.3. The van der Waals surface area contributed by atoms with E-state index in [0.29, 0.717) is 36.3 Å². The number of hydrogen-bond donors (Lipinski definition) is 5. The summed E-state index contributed by atoms with van der Waals surface area (Å²) in [4.78, 5) is -4.48. The molecule has 0 saturated heterocycles. The van der Waals surface area contributed by atoms with Crippen molar-refractivity contribution < 1.29 is 286 Å². The van der Waals surface area contributed by atoms with Gasteiger partial charge in [-0.15, -0.1) is 20.5 Å².